The third-order valence-electron chi connectivity index (χ3n) is 5.94. The minimum absolute atomic E-state index is 0.123. The van der Waals surface area contributed by atoms with Crippen molar-refractivity contribution < 1.29 is 14.3 Å². The van der Waals surface area contributed by atoms with Crippen molar-refractivity contribution in [2.75, 3.05) is 37.7 Å². The van der Waals surface area contributed by atoms with Crippen LogP contribution in [0.5, 0.6) is 0 Å². The Morgan fingerprint density at radius 2 is 1.77 bits per heavy atom. The Labute approximate surface area is 177 Å². The number of rotatable bonds is 3. The standard InChI is InChI=1S/C23H28N4O3/c1-4-30-23(29)27-11-9-26(10-12-27)22-24-16(3)21-19(25-22)13-18(14-20(21)28)17-7-5-15(2)6-8-17/h5-8,18H,4,9-14H2,1-3H3/t18-/m1/s1. The maximum absolute atomic E-state index is 12.9. The zero-order valence-electron chi connectivity index (χ0n) is 17.9. The largest absolute Gasteiger partial charge is 0.450 e. The van der Waals surface area contributed by atoms with Crippen LogP contribution in [0.2, 0.25) is 0 Å². The number of aromatic nitrogens is 2. The number of anilines is 1. The Bertz CT molecular complexity index is 950. The molecule has 7 nitrogen and oxygen atoms in total. The fourth-order valence-corrected chi connectivity index (χ4v) is 4.28. The van der Waals surface area contributed by atoms with E-state index in [9.17, 15) is 9.59 Å². The lowest BCUT2D eigenvalue weighted by molar-refractivity contribution is 0.0960. The maximum atomic E-state index is 12.9. The monoisotopic (exact) mass is 408 g/mol. The van der Waals surface area contributed by atoms with Gasteiger partial charge in [0.1, 0.15) is 0 Å². The first kappa shape index (κ1) is 20.3. The summed E-state index contributed by atoms with van der Waals surface area (Å²) in [5.74, 6) is 0.915. The minimum Gasteiger partial charge on any atom is -0.450 e. The molecular formula is C23H28N4O3. The summed E-state index contributed by atoms with van der Waals surface area (Å²) in [5, 5.41) is 0. The number of hydrogen-bond acceptors (Lipinski definition) is 6. The van der Waals surface area contributed by atoms with Gasteiger partial charge in [-0.1, -0.05) is 29.8 Å². The Hall–Kier alpha value is -2.96. The molecule has 7 heteroatoms. The molecule has 4 rings (SSSR count). The summed E-state index contributed by atoms with van der Waals surface area (Å²) >= 11 is 0. The van der Waals surface area contributed by atoms with E-state index in [4.69, 9.17) is 9.72 Å². The molecule has 0 spiro atoms. The second kappa shape index (κ2) is 8.42. The van der Waals surface area contributed by atoms with Crippen molar-refractivity contribution >= 4 is 17.8 Å². The van der Waals surface area contributed by atoms with Crippen LogP contribution >= 0.6 is 0 Å². The highest BCUT2D eigenvalue weighted by Crippen LogP contribution is 2.34. The van der Waals surface area contributed by atoms with Crippen LogP contribution in [-0.4, -0.2) is 59.5 Å². The molecule has 1 aliphatic carbocycles. The van der Waals surface area contributed by atoms with Crippen LogP contribution in [-0.2, 0) is 11.2 Å². The van der Waals surface area contributed by atoms with Gasteiger partial charge < -0.3 is 14.5 Å². The van der Waals surface area contributed by atoms with Crippen molar-refractivity contribution in [1.29, 1.82) is 0 Å². The average Bonchev–Trinajstić information content (AvgIpc) is 2.74. The SMILES string of the molecule is CCOC(=O)N1CCN(c2nc(C)c3c(n2)C[C@@H](c2ccc(C)cc2)CC3=O)CC1. The van der Waals surface area contributed by atoms with Crippen molar-refractivity contribution in [3.05, 3.63) is 52.3 Å². The molecule has 0 bridgehead atoms. The zero-order chi connectivity index (χ0) is 21.3. The number of carbonyl (C=O) groups is 2. The molecule has 1 aromatic carbocycles. The van der Waals surface area contributed by atoms with Gasteiger partial charge in [-0.2, -0.15) is 0 Å². The minimum atomic E-state index is -0.272. The fourth-order valence-electron chi connectivity index (χ4n) is 4.28. The summed E-state index contributed by atoms with van der Waals surface area (Å²) in [6.45, 7) is 8.58. The summed E-state index contributed by atoms with van der Waals surface area (Å²) in [6, 6.07) is 8.41. The summed E-state index contributed by atoms with van der Waals surface area (Å²) in [7, 11) is 0. The van der Waals surface area contributed by atoms with Crippen molar-refractivity contribution in [1.82, 2.24) is 14.9 Å². The van der Waals surface area contributed by atoms with E-state index in [1.54, 1.807) is 4.90 Å². The van der Waals surface area contributed by atoms with Gasteiger partial charge in [0, 0.05) is 32.6 Å². The van der Waals surface area contributed by atoms with Gasteiger partial charge in [0.25, 0.3) is 0 Å². The average molecular weight is 409 g/mol. The Balaban J connectivity index is 1.54. The second-order valence-electron chi connectivity index (χ2n) is 8.04. The van der Waals surface area contributed by atoms with Crippen molar-refractivity contribution in [3.8, 4) is 0 Å². The van der Waals surface area contributed by atoms with Crippen LogP contribution in [0.15, 0.2) is 24.3 Å². The molecule has 0 saturated carbocycles. The highest BCUT2D eigenvalue weighted by molar-refractivity contribution is 5.99. The molecule has 2 heterocycles. The predicted molar refractivity (Wildman–Crippen MR) is 114 cm³/mol. The highest BCUT2D eigenvalue weighted by Gasteiger charge is 2.31. The van der Waals surface area contributed by atoms with Gasteiger partial charge >= 0.3 is 6.09 Å². The van der Waals surface area contributed by atoms with E-state index in [2.05, 4.69) is 41.1 Å². The number of Topliss-reactive ketones (excluding diaryl/α,β-unsaturated/α-hetero) is 1. The van der Waals surface area contributed by atoms with Crippen molar-refractivity contribution in [2.24, 2.45) is 0 Å². The van der Waals surface area contributed by atoms with E-state index < -0.39 is 0 Å². The molecule has 1 amide bonds. The van der Waals surface area contributed by atoms with Crippen LogP contribution in [0, 0.1) is 13.8 Å². The number of carbonyl (C=O) groups excluding carboxylic acids is 2. The number of aryl methyl sites for hydroxylation is 2. The molecular weight excluding hydrogens is 380 g/mol. The number of piperazine rings is 1. The highest BCUT2D eigenvalue weighted by atomic mass is 16.6. The third kappa shape index (κ3) is 4.01. The summed E-state index contributed by atoms with van der Waals surface area (Å²) in [4.78, 5) is 38.0. The first-order chi connectivity index (χ1) is 14.5. The fraction of sp³-hybridized carbons (Fsp3) is 0.478. The molecule has 1 atom stereocenters. The second-order valence-corrected chi connectivity index (χ2v) is 8.04. The van der Waals surface area contributed by atoms with Crippen molar-refractivity contribution in [3.63, 3.8) is 0 Å². The van der Waals surface area contributed by atoms with E-state index >= 15 is 0 Å². The molecule has 1 aromatic heterocycles. The topological polar surface area (TPSA) is 75.6 Å². The lowest BCUT2D eigenvalue weighted by Gasteiger charge is -2.34. The number of ether oxygens (including phenoxy) is 1. The van der Waals surface area contributed by atoms with Gasteiger partial charge in [0.15, 0.2) is 5.78 Å². The molecule has 1 saturated heterocycles. The van der Waals surface area contributed by atoms with E-state index in [0.717, 1.165) is 17.8 Å². The van der Waals surface area contributed by atoms with Gasteiger partial charge in [0.2, 0.25) is 5.95 Å². The molecule has 0 unspecified atom stereocenters. The number of amides is 1. The molecule has 2 aliphatic rings. The van der Waals surface area contributed by atoms with Crippen LogP contribution in [0.25, 0.3) is 0 Å². The third-order valence-corrected chi connectivity index (χ3v) is 5.94. The lowest BCUT2D eigenvalue weighted by atomic mass is 9.81. The summed E-state index contributed by atoms with van der Waals surface area (Å²) < 4.78 is 5.09. The first-order valence-electron chi connectivity index (χ1n) is 10.6. The molecule has 158 valence electrons. The summed E-state index contributed by atoms with van der Waals surface area (Å²) in [5.41, 5.74) is 4.67. The number of ketones is 1. The van der Waals surface area contributed by atoms with Crippen LogP contribution in [0.1, 0.15) is 52.1 Å². The number of nitrogens with zero attached hydrogens (tertiary/aromatic N) is 4. The van der Waals surface area contributed by atoms with Gasteiger partial charge in [-0.3, -0.25) is 4.79 Å². The maximum Gasteiger partial charge on any atom is 0.409 e. The van der Waals surface area contributed by atoms with Gasteiger partial charge in [-0.25, -0.2) is 14.8 Å². The van der Waals surface area contributed by atoms with Gasteiger partial charge in [0.05, 0.1) is 23.6 Å². The van der Waals surface area contributed by atoms with E-state index in [1.165, 1.54) is 11.1 Å². The number of hydrogen-bond donors (Lipinski definition) is 0. The Morgan fingerprint density at radius 3 is 2.43 bits per heavy atom. The lowest BCUT2D eigenvalue weighted by Crippen LogP contribution is -2.49. The molecule has 1 aliphatic heterocycles. The first-order valence-corrected chi connectivity index (χ1v) is 10.6. The van der Waals surface area contributed by atoms with E-state index in [0.29, 0.717) is 50.7 Å². The van der Waals surface area contributed by atoms with Crippen LogP contribution < -0.4 is 4.90 Å². The molecule has 1 fully saturated rings. The Morgan fingerprint density at radius 1 is 1.07 bits per heavy atom. The zero-order valence-corrected chi connectivity index (χ0v) is 17.9. The van der Waals surface area contributed by atoms with E-state index in [-0.39, 0.29) is 17.8 Å². The quantitative estimate of drug-likeness (QED) is 0.776. The summed E-state index contributed by atoms with van der Waals surface area (Å²) in [6.07, 6.45) is 0.965. The van der Waals surface area contributed by atoms with E-state index in [1.807, 2.05) is 13.8 Å². The number of benzene rings is 1. The molecule has 2 aromatic rings. The van der Waals surface area contributed by atoms with Gasteiger partial charge in [-0.05, 0) is 38.7 Å². The van der Waals surface area contributed by atoms with Gasteiger partial charge in [-0.15, -0.1) is 0 Å². The van der Waals surface area contributed by atoms with Crippen LogP contribution in [0.3, 0.4) is 0 Å². The van der Waals surface area contributed by atoms with Crippen LogP contribution in [0.4, 0.5) is 10.7 Å². The molecule has 0 N–H and O–H groups in total. The smallest absolute Gasteiger partial charge is 0.409 e. The molecule has 0 radical (unpaired) electrons. The normalized spacial score (nSPS) is 18.9. The molecule has 30 heavy (non-hydrogen) atoms. The van der Waals surface area contributed by atoms with Crippen molar-refractivity contribution in [2.45, 2.75) is 39.5 Å². The predicted octanol–water partition coefficient (Wildman–Crippen LogP) is 3.28. The number of fused-ring (bicyclic) bond motifs is 1. The Kier molecular flexibility index (Phi) is 5.70.